The zero-order chi connectivity index (χ0) is 26.2. The Morgan fingerprint density at radius 3 is 2.46 bits per heavy atom. The SMILES string of the molecule is CC(C)C1CC(OC2CN3CCC2C3)C(NC(=O)C(C(N)N)C2CC3(CCCC3)CCC(F)CN2)CN1. The smallest absolute Gasteiger partial charge is 0.227 e. The van der Waals surface area contributed by atoms with E-state index in [0.717, 1.165) is 45.2 Å². The number of alkyl halides is 1. The van der Waals surface area contributed by atoms with Crippen molar-refractivity contribution in [2.45, 2.75) is 114 Å². The number of carbonyl (C=O) groups excluding carboxylic acids is 1. The summed E-state index contributed by atoms with van der Waals surface area (Å²) in [4.78, 5) is 16.4. The van der Waals surface area contributed by atoms with E-state index in [1.807, 2.05) is 0 Å². The highest BCUT2D eigenvalue weighted by molar-refractivity contribution is 5.80. The number of piperidine rings is 2. The van der Waals surface area contributed by atoms with Gasteiger partial charge in [0, 0.05) is 44.2 Å². The van der Waals surface area contributed by atoms with Gasteiger partial charge in [0.25, 0.3) is 0 Å². The van der Waals surface area contributed by atoms with Gasteiger partial charge in [0.15, 0.2) is 0 Å². The Bertz CT molecular complexity index is 778. The predicted molar refractivity (Wildman–Crippen MR) is 143 cm³/mol. The van der Waals surface area contributed by atoms with Crippen LogP contribution in [-0.4, -0.2) is 86.2 Å². The monoisotopic (exact) mass is 522 g/mol. The Kier molecular flexibility index (Phi) is 8.78. The van der Waals surface area contributed by atoms with Crippen molar-refractivity contribution in [3.8, 4) is 0 Å². The lowest BCUT2D eigenvalue weighted by Crippen LogP contribution is -2.64. The highest BCUT2D eigenvalue weighted by atomic mass is 19.1. The molecule has 9 heteroatoms. The van der Waals surface area contributed by atoms with E-state index >= 15 is 0 Å². The molecule has 37 heavy (non-hydrogen) atoms. The van der Waals surface area contributed by atoms with Gasteiger partial charge in [0.2, 0.25) is 5.91 Å². The predicted octanol–water partition coefficient (Wildman–Crippen LogP) is 1.48. The van der Waals surface area contributed by atoms with Crippen LogP contribution in [0.1, 0.15) is 71.6 Å². The number of fused-ring (bicyclic) bond motifs is 2. The zero-order valence-corrected chi connectivity index (χ0v) is 23.0. The molecule has 0 radical (unpaired) electrons. The largest absolute Gasteiger partial charge is 0.371 e. The Balaban J connectivity index is 1.29. The van der Waals surface area contributed by atoms with Gasteiger partial charge in [-0.1, -0.05) is 26.7 Å². The molecule has 0 aromatic heterocycles. The summed E-state index contributed by atoms with van der Waals surface area (Å²) in [5.41, 5.74) is 12.7. The second-order valence-corrected chi connectivity index (χ2v) is 13.3. The second-order valence-electron chi connectivity index (χ2n) is 13.3. The topological polar surface area (TPSA) is 118 Å². The minimum absolute atomic E-state index is 0.0421. The van der Waals surface area contributed by atoms with Crippen LogP contribution >= 0.6 is 0 Å². The molecule has 5 aliphatic rings. The van der Waals surface area contributed by atoms with Gasteiger partial charge in [-0.05, 0) is 62.8 Å². The van der Waals surface area contributed by atoms with Crippen molar-refractivity contribution in [3.05, 3.63) is 0 Å². The van der Waals surface area contributed by atoms with E-state index in [9.17, 15) is 9.18 Å². The molecule has 5 rings (SSSR count). The van der Waals surface area contributed by atoms with Crippen molar-refractivity contribution in [1.82, 2.24) is 20.9 Å². The first kappa shape index (κ1) is 27.7. The summed E-state index contributed by atoms with van der Waals surface area (Å²) < 4.78 is 21.4. The van der Waals surface area contributed by atoms with Crippen molar-refractivity contribution in [2.75, 3.05) is 32.7 Å². The molecule has 4 aliphatic heterocycles. The quantitative estimate of drug-likeness (QED) is 0.322. The second kappa shape index (κ2) is 11.7. The maximum absolute atomic E-state index is 14.6. The molecule has 1 amide bonds. The molecule has 1 saturated carbocycles. The summed E-state index contributed by atoms with van der Waals surface area (Å²) >= 11 is 0. The molecule has 1 spiro atoms. The number of rotatable bonds is 7. The van der Waals surface area contributed by atoms with Crippen LogP contribution in [0.15, 0.2) is 0 Å². The molecule has 1 aliphatic carbocycles. The molecule has 0 aromatic carbocycles. The molecule has 212 valence electrons. The fourth-order valence-electron chi connectivity index (χ4n) is 8.05. The Morgan fingerprint density at radius 1 is 1.05 bits per heavy atom. The van der Waals surface area contributed by atoms with E-state index < -0.39 is 18.3 Å². The Hall–Kier alpha value is -0.840. The van der Waals surface area contributed by atoms with E-state index in [-0.39, 0.29) is 42.2 Å². The molecule has 0 aromatic rings. The van der Waals surface area contributed by atoms with Gasteiger partial charge in [0.05, 0.1) is 30.3 Å². The van der Waals surface area contributed by atoms with Crippen LogP contribution in [0.4, 0.5) is 4.39 Å². The number of carbonyl (C=O) groups is 1. The fourth-order valence-corrected chi connectivity index (χ4v) is 8.05. The normalized spacial score (nSPS) is 40.7. The lowest BCUT2D eigenvalue weighted by molar-refractivity contribution is -0.131. The average molecular weight is 523 g/mol. The minimum Gasteiger partial charge on any atom is -0.371 e. The van der Waals surface area contributed by atoms with Crippen LogP contribution in [0.2, 0.25) is 0 Å². The molecule has 7 N–H and O–H groups in total. The van der Waals surface area contributed by atoms with Gasteiger partial charge in [-0.25, -0.2) is 4.39 Å². The number of nitrogens with zero attached hydrogens (tertiary/aromatic N) is 1. The Labute approximate surface area is 222 Å². The zero-order valence-electron chi connectivity index (χ0n) is 23.0. The first-order chi connectivity index (χ1) is 17.7. The molecule has 9 atom stereocenters. The van der Waals surface area contributed by atoms with Gasteiger partial charge < -0.3 is 37.1 Å². The van der Waals surface area contributed by atoms with Gasteiger partial charge >= 0.3 is 0 Å². The van der Waals surface area contributed by atoms with E-state index in [1.54, 1.807) is 0 Å². The third kappa shape index (κ3) is 6.33. The summed E-state index contributed by atoms with van der Waals surface area (Å²) in [6.07, 6.45) is 7.44. The molecule has 4 saturated heterocycles. The Morgan fingerprint density at radius 2 is 1.81 bits per heavy atom. The number of ether oxygens (including phenoxy) is 1. The van der Waals surface area contributed by atoms with Crippen molar-refractivity contribution in [1.29, 1.82) is 0 Å². The molecular formula is C28H51FN6O2. The molecule has 5 fully saturated rings. The maximum Gasteiger partial charge on any atom is 0.227 e. The minimum atomic E-state index is -0.899. The summed E-state index contributed by atoms with van der Waals surface area (Å²) in [7, 11) is 0. The standard InChI is InChI=1S/C28H51FN6O2/c1-17(2)20-11-23(37-24-16-35-10-6-18(24)15-35)22(14-33-20)34-27(36)25(26(30)31)21-12-28(7-3-4-8-28)9-5-19(29)13-32-21/h17-26,32-33H,3-16,30-31H2,1-2H3,(H,34,36). The van der Waals surface area contributed by atoms with E-state index in [1.165, 1.54) is 25.8 Å². The third-order valence-electron chi connectivity index (χ3n) is 10.3. The van der Waals surface area contributed by atoms with Crippen LogP contribution in [0, 0.1) is 23.2 Å². The van der Waals surface area contributed by atoms with Crippen molar-refractivity contribution >= 4 is 5.91 Å². The van der Waals surface area contributed by atoms with Gasteiger partial charge in [-0.3, -0.25) is 4.79 Å². The van der Waals surface area contributed by atoms with E-state index in [0.29, 0.717) is 30.8 Å². The lowest BCUT2D eigenvalue weighted by atomic mass is 9.72. The number of hydrogen-bond acceptors (Lipinski definition) is 7. The summed E-state index contributed by atoms with van der Waals surface area (Å²) in [5, 5.41) is 10.3. The third-order valence-corrected chi connectivity index (χ3v) is 10.3. The van der Waals surface area contributed by atoms with Gasteiger partial charge in [-0.2, -0.15) is 0 Å². The lowest BCUT2D eigenvalue weighted by Gasteiger charge is -2.43. The van der Waals surface area contributed by atoms with Gasteiger partial charge in [0.1, 0.15) is 6.17 Å². The van der Waals surface area contributed by atoms with Crippen LogP contribution in [0.5, 0.6) is 0 Å². The molecule has 4 heterocycles. The van der Waals surface area contributed by atoms with E-state index in [2.05, 4.69) is 34.7 Å². The van der Waals surface area contributed by atoms with Crippen LogP contribution in [-0.2, 0) is 9.53 Å². The van der Waals surface area contributed by atoms with Crippen LogP contribution in [0.3, 0.4) is 0 Å². The van der Waals surface area contributed by atoms with Crippen molar-refractivity contribution < 1.29 is 13.9 Å². The first-order valence-electron chi connectivity index (χ1n) is 15.0. The number of hydrogen-bond donors (Lipinski definition) is 5. The summed E-state index contributed by atoms with van der Waals surface area (Å²) in [6, 6.07) is -0.00394. The number of nitrogens with two attached hydrogens (primary N) is 2. The van der Waals surface area contributed by atoms with E-state index in [4.69, 9.17) is 16.2 Å². The van der Waals surface area contributed by atoms with Crippen LogP contribution < -0.4 is 27.4 Å². The average Bonchev–Trinajstić information content (AvgIpc) is 3.59. The number of halogens is 1. The molecule has 9 unspecified atom stereocenters. The molecule has 8 nitrogen and oxygen atoms in total. The number of nitrogens with one attached hydrogen (secondary N) is 3. The summed E-state index contributed by atoms with van der Waals surface area (Å²) in [5.74, 6) is 0.355. The highest BCUT2D eigenvalue weighted by Gasteiger charge is 2.45. The fraction of sp³-hybridized carbons (Fsp3) is 0.964. The highest BCUT2D eigenvalue weighted by Crippen LogP contribution is 2.47. The molecule has 2 bridgehead atoms. The maximum atomic E-state index is 14.6. The molecular weight excluding hydrogens is 471 g/mol. The van der Waals surface area contributed by atoms with Crippen molar-refractivity contribution in [3.63, 3.8) is 0 Å². The van der Waals surface area contributed by atoms with Crippen molar-refractivity contribution in [2.24, 2.45) is 34.6 Å². The first-order valence-corrected chi connectivity index (χ1v) is 15.0. The van der Waals surface area contributed by atoms with Crippen LogP contribution in [0.25, 0.3) is 0 Å². The summed E-state index contributed by atoms with van der Waals surface area (Å²) in [6.45, 7) is 8.70. The van der Waals surface area contributed by atoms with Gasteiger partial charge in [-0.15, -0.1) is 0 Å². The number of amides is 1.